The summed E-state index contributed by atoms with van der Waals surface area (Å²) >= 11 is 1.73. The summed E-state index contributed by atoms with van der Waals surface area (Å²) in [5.74, 6) is 0.320. The summed E-state index contributed by atoms with van der Waals surface area (Å²) in [6.45, 7) is 6.86. The molecule has 2 N–H and O–H groups in total. The maximum Gasteiger partial charge on any atom is 0.223 e. The lowest BCUT2D eigenvalue weighted by Crippen LogP contribution is -2.45. The summed E-state index contributed by atoms with van der Waals surface area (Å²) in [5.41, 5.74) is -0.657. The van der Waals surface area contributed by atoms with E-state index >= 15 is 0 Å². The first kappa shape index (κ1) is 16.5. The van der Waals surface area contributed by atoms with Crippen molar-refractivity contribution in [1.82, 2.24) is 10.2 Å². The van der Waals surface area contributed by atoms with Crippen LogP contribution in [0.2, 0.25) is 0 Å². The van der Waals surface area contributed by atoms with E-state index in [1.165, 1.54) is 4.88 Å². The number of piperidine rings is 1. The van der Waals surface area contributed by atoms with Crippen LogP contribution in [0.5, 0.6) is 0 Å². The Kier molecular flexibility index (Phi) is 5.79. The molecule has 0 radical (unpaired) electrons. The molecule has 0 aromatic carbocycles. The predicted octanol–water partition coefficient (Wildman–Crippen LogP) is 1.89. The lowest BCUT2D eigenvalue weighted by molar-refractivity contribution is -0.126. The van der Waals surface area contributed by atoms with Gasteiger partial charge in [0.25, 0.3) is 0 Å². The maximum absolute atomic E-state index is 12.1. The highest BCUT2D eigenvalue weighted by atomic mass is 32.1. The van der Waals surface area contributed by atoms with Crippen molar-refractivity contribution < 1.29 is 9.90 Å². The number of amides is 1. The van der Waals surface area contributed by atoms with Crippen LogP contribution in [0, 0.1) is 5.92 Å². The van der Waals surface area contributed by atoms with Crippen LogP contribution in [0.25, 0.3) is 0 Å². The minimum atomic E-state index is -0.657. The molecule has 0 atom stereocenters. The van der Waals surface area contributed by atoms with Crippen molar-refractivity contribution in [2.45, 2.75) is 38.7 Å². The van der Waals surface area contributed by atoms with E-state index in [-0.39, 0.29) is 11.8 Å². The summed E-state index contributed by atoms with van der Waals surface area (Å²) in [5, 5.41) is 15.0. The van der Waals surface area contributed by atoms with E-state index in [0.717, 1.165) is 38.9 Å². The summed E-state index contributed by atoms with van der Waals surface area (Å²) < 4.78 is 0. The Balaban J connectivity index is 1.66. The molecule has 1 aromatic heterocycles. The zero-order chi connectivity index (χ0) is 15.3. The van der Waals surface area contributed by atoms with Crippen molar-refractivity contribution in [3.63, 3.8) is 0 Å². The zero-order valence-electron chi connectivity index (χ0n) is 13.0. The van der Waals surface area contributed by atoms with Gasteiger partial charge < -0.3 is 15.3 Å². The van der Waals surface area contributed by atoms with Crippen LogP contribution in [0.4, 0.5) is 0 Å². The Bertz CT molecular complexity index is 432. The standard InChI is InChI=1S/C16H26N2O2S/c1-16(2,20)12-18-9-6-13(7-10-18)15(19)17-8-5-14-4-3-11-21-14/h3-4,11,13,20H,5-10,12H2,1-2H3,(H,17,19). The van der Waals surface area contributed by atoms with Crippen molar-refractivity contribution >= 4 is 17.2 Å². The average molecular weight is 310 g/mol. The van der Waals surface area contributed by atoms with Crippen molar-refractivity contribution in [1.29, 1.82) is 0 Å². The molecule has 5 heteroatoms. The minimum absolute atomic E-state index is 0.131. The summed E-state index contributed by atoms with van der Waals surface area (Å²) in [6, 6.07) is 4.14. The molecule has 21 heavy (non-hydrogen) atoms. The third kappa shape index (κ3) is 5.77. The lowest BCUT2D eigenvalue weighted by Gasteiger charge is -2.34. The fourth-order valence-electron chi connectivity index (χ4n) is 2.81. The molecule has 0 saturated carbocycles. The van der Waals surface area contributed by atoms with Gasteiger partial charge in [-0.15, -0.1) is 11.3 Å². The zero-order valence-corrected chi connectivity index (χ0v) is 13.8. The fraction of sp³-hybridized carbons (Fsp3) is 0.688. The molecule has 1 fully saturated rings. The Morgan fingerprint density at radius 3 is 2.76 bits per heavy atom. The Morgan fingerprint density at radius 1 is 1.48 bits per heavy atom. The molecule has 1 aliphatic rings. The molecule has 0 spiro atoms. The first-order valence-corrected chi connectivity index (χ1v) is 8.57. The van der Waals surface area contributed by atoms with E-state index in [0.29, 0.717) is 6.54 Å². The second-order valence-electron chi connectivity index (χ2n) is 6.48. The van der Waals surface area contributed by atoms with Gasteiger partial charge in [-0.1, -0.05) is 6.07 Å². The number of hydrogen-bond donors (Lipinski definition) is 2. The van der Waals surface area contributed by atoms with E-state index in [4.69, 9.17) is 0 Å². The van der Waals surface area contributed by atoms with Crippen molar-refractivity contribution in [3.8, 4) is 0 Å². The number of nitrogens with zero attached hydrogens (tertiary/aromatic N) is 1. The number of hydrogen-bond acceptors (Lipinski definition) is 4. The highest BCUT2D eigenvalue weighted by molar-refractivity contribution is 7.09. The SMILES string of the molecule is CC(C)(O)CN1CCC(C(=O)NCCc2cccs2)CC1. The highest BCUT2D eigenvalue weighted by Crippen LogP contribution is 2.19. The van der Waals surface area contributed by atoms with Gasteiger partial charge in [-0.2, -0.15) is 0 Å². The number of likely N-dealkylation sites (tertiary alicyclic amines) is 1. The van der Waals surface area contributed by atoms with Gasteiger partial charge in [0.15, 0.2) is 0 Å². The second kappa shape index (κ2) is 7.38. The molecule has 0 bridgehead atoms. The van der Waals surface area contributed by atoms with Gasteiger partial charge in [0, 0.05) is 23.9 Å². The number of β-amino-alcohol motifs (C(OH)–C–C–N with tert-alkyl or cyclic N) is 1. The average Bonchev–Trinajstić information content (AvgIpc) is 2.91. The first-order chi connectivity index (χ1) is 9.94. The monoisotopic (exact) mass is 310 g/mol. The summed E-state index contributed by atoms with van der Waals surface area (Å²) in [6.07, 6.45) is 2.70. The Morgan fingerprint density at radius 2 is 2.19 bits per heavy atom. The number of carbonyl (C=O) groups is 1. The van der Waals surface area contributed by atoms with Gasteiger partial charge in [0.05, 0.1) is 5.60 Å². The second-order valence-corrected chi connectivity index (χ2v) is 7.52. The molecule has 4 nitrogen and oxygen atoms in total. The lowest BCUT2D eigenvalue weighted by atomic mass is 9.95. The molecular weight excluding hydrogens is 284 g/mol. The van der Waals surface area contributed by atoms with Crippen molar-refractivity contribution in [2.75, 3.05) is 26.2 Å². The van der Waals surface area contributed by atoms with Crippen molar-refractivity contribution in [3.05, 3.63) is 22.4 Å². The summed E-state index contributed by atoms with van der Waals surface area (Å²) in [7, 11) is 0. The molecule has 1 aliphatic heterocycles. The van der Waals surface area contributed by atoms with E-state index < -0.39 is 5.60 Å². The number of nitrogens with one attached hydrogen (secondary N) is 1. The molecular formula is C16H26N2O2S. The third-order valence-corrected chi connectivity index (χ3v) is 4.76. The van der Waals surface area contributed by atoms with E-state index in [1.54, 1.807) is 11.3 Å². The van der Waals surface area contributed by atoms with Gasteiger partial charge in [0.1, 0.15) is 0 Å². The molecule has 2 heterocycles. The molecule has 1 aromatic rings. The van der Waals surface area contributed by atoms with E-state index in [1.807, 2.05) is 19.9 Å². The smallest absolute Gasteiger partial charge is 0.223 e. The number of rotatable bonds is 6. The molecule has 0 unspecified atom stereocenters. The number of aliphatic hydroxyl groups is 1. The van der Waals surface area contributed by atoms with Crippen LogP contribution >= 0.6 is 11.3 Å². The van der Waals surface area contributed by atoms with Gasteiger partial charge >= 0.3 is 0 Å². The molecule has 118 valence electrons. The Hall–Kier alpha value is -0.910. The molecule has 1 saturated heterocycles. The normalized spacial score (nSPS) is 17.9. The molecule has 0 aliphatic carbocycles. The van der Waals surface area contributed by atoms with Crippen LogP contribution in [0.1, 0.15) is 31.6 Å². The number of carbonyl (C=O) groups excluding carboxylic acids is 1. The predicted molar refractivity (Wildman–Crippen MR) is 86.5 cm³/mol. The van der Waals surface area contributed by atoms with Crippen LogP contribution in [-0.4, -0.2) is 47.7 Å². The topological polar surface area (TPSA) is 52.6 Å². The van der Waals surface area contributed by atoms with Gasteiger partial charge in [-0.05, 0) is 57.6 Å². The summed E-state index contributed by atoms with van der Waals surface area (Å²) in [4.78, 5) is 15.7. The minimum Gasteiger partial charge on any atom is -0.389 e. The van der Waals surface area contributed by atoms with E-state index in [2.05, 4.69) is 21.7 Å². The van der Waals surface area contributed by atoms with Gasteiger partial charge in [-0.3, -0.25) is 4.79 Å². The van der Waals surface area contributed by atoms with Crippen LogP contribution in [0.3, 0.4) is 0 Å². The van der Waals surface area contributed by atoms with E-state index in [9.17, 15) is 9.90 Å². The highest BCUT2D eigenvalue weighted by Gasteiger charge is 2.27. The first-order valence-electron chi connectivity index (χ1n) is 7.69. The van der Waals surface area contributed by atoms with Crippen LogP contribution in [0.15, 0.2) is 17.5 Å². The fourth-order valence-corrected chi connectivity index (χ4v) is 3.52. The van der Waals surface area contributed by atoms with Crippen LogP contribution in [-0.2, 0) is 11.2 Å². The third-order valence-electron chi connectivity index (χ3n) is 3.82. The number of thiophene rings is 1. The Labute approximate surface area is 131 Å². The molecule has 2 rings (SSSR count). The van der Waals surface area contributed by atoms with Crippen molar-refractivity contribution in [2.24, 2.45) is 5.92 Å². The maximum atomic E-state index is 12.1. The van der Waals surface area contributed by atoms with Gasteiger partial charge in [-0.25, -0.2) is 0 Å². The molecule has 1 amide bonds. The quantitative estimate of drug-likeness (QED) is 0.844. The largest absolute Gasteiger partial charge is 0.389 e. The van der Waals surface area contributed by atoms with Crippen LogP contribution < -0.4 is 5.32 Å². The van der Waals surface area contributed by atoms with Gasteiger partial charge in [0.2, 0.25) is 5.91 Å².